The van der Waals surface area contributed by atoms with Crippen LogP contribution in [0.4, 0.5) is 0 Å². The summed E-state index contributed by atoms with van der Waals surface area (Å²) >= 11 is 7.47. The molecule has 0 bridgehead atoms. The fraction of sp³-hybridized carbons (Fsp3) is 0.667. The van der Waals surface area contributed by atoms with Crippen LogP contribution in [0.2, 0.25) is 0 Å². The molecule has 1 aliphatic rings. The number of amides is 1. The largest absolute Gasteiger partial charge is 0.345 e. The molecule has 2 rings (SSSR count). The Labute approximate surface area is 111 Å². The molecule has 0 saturated heterocycles. The van der Waals surface area contributed by atoms with Crippen molar-refractivity contribution >= 4 is 28.8 Å². The second-order valence-corrected chi connectivity index (χ2v) is 6.17. The van der Waals surface area contributed by atoms with E-state index in [1.807, 2.05) is 6.92 Å². The minimum atomic E-state index is -0.200. The summed E-state index contributed by atoms with van der Waals surface area (Å²) in [5.74, 6) is 0.467. The van der Waals surface area contributed by atoms with E-state index in [4.69, 9.17) is 11.6 Å². The van der Waals surface area contributed by atoms with Gasteiger partial charge in [-0.3, -0.25) is 4.79 Å². The summed E-state index contributed by atoms with van der Waals surface area (Å²) in [6.45, 7) is 1.90. The average Bonchev–Trinajstić information content (AvgIpc) is 2.77. The fourth-order valence-corrected chi connectivity index (χ4v) is 3.30. The number of nitrogens with zero attached hydrogens (tertiary/aromatic N) is 1. The van der Waals surface area contributed by atoms with Crippen molar-refractivity contribution in [1.82, 2.24) is 10.3 Å². The normalized spacial score (nSPS) is 18.9. The number of carbonyl (C=O) groups excluding carboxylic acids is 1. The van der Waals surface area contributed by atoms with Crippen molar-refractivity contribution in [2.24, 2.45) is 0 Å². The van der Waals surface area contributed by atoms with E-state index in [0.29, 0.717) is 10.8 Å². The lowest BCUT2D eigenvalue weighted by molar-refractivity contribution is 0.0889. The summed E-state index contributed by atoms with van der Waals surface area (Å²) < 4.78 is 0. The molecule has 0 radical (unpaired) electrons. The minimum Gasteiger partial charge on any atom is -0.345 e. The van der Waals surface area contributed by atoms with Crippen LogP contribution in [0.15, 0.2) is 6.20 Å². The van der Waals surface area contributed by atoms with Gasteiger partial charge in [0.1, 0.15) is 4.88 Å². The number of halogens is 1. The monoisotopic (exact) mass is 272 g/mol. The molecule has 0 spiro atoms. The van der Waals surface area contributed by atoms with Crippen molar-refractivity contribution < 1.29 is 4.79 Å². The van der Waals surface area contributed by atoms with Crippen LogP contribution in [0.1, 0.15) is 46.8 Å². The Morgan fingerprint density at radius 1 is 1.53 bits per heavy atom. The van der Waals surface area contributed by atoms with Crippen LogP contribution in [0, 0.1) is 6.92 Å². The highest BCUT2D eigenvalue weighted by atomic mass is 35.5. The highest BCUT2D eigenvalue weighted by Gasteiger charge is 2.33. The van der Waals surface area contributed by atoms with Crippen LogP contribution >= 0.6 is 22.9 Å². The van der Waals surface area contributed by atoms with Crippen molar-refractivity contribution in [3.8, 4) is 0 Å². The second-order valence-electron chi connectivity index (χ2n) is 4.67. The van der Waals surface area contributed by atoms with E-state index in [-0.39, 0.29) is 11.4 Å². The summed E-state index contributed by atoms with van der Waals surface area (Å²) in [5.41, 5.74) is -0.200. The van der Waals surface area contributed by atoms with Crippen LogP contribution in [0.5, 0.6) is 0 Å². The first-order valence-electron chi connectivity index (χ1n) is 5.96. The van der Waals surface area contributed by atoms with Gasteiger partial charge in [-0.1, -0.05) is 19.3 Å². The van der Waals surface area contributed by atoms with Gasteiger partial charge in [0.25, 0.3) is 5.91 Å². The summed E-state index contributed by atoms with van der Waals surface area (Å²) in [6, 6.07) is 0. The van der Waals surface area contributed by atoms with Crippen molar-refractivity contribution in [2.75, 3.05) is 5.88 Å². The number of aromatic nitrogens is 1. The van der Waals surface area contributed by atoms with E-state index < -0.39 is 0 Å². The molecule has 0 aromatic carbocycles. The predicted octanol–water partition coefficient (Wildman–Crippen LogP) is 3.12. The topological polar surface area (TPSA) is 42.0 Å². The van der Waals surface area contributed by atoms with E-state index in [2.05, 4.69) is 10.3 Å². The maximum atomic E-state index is 12.1. The Balaban J connectivity index is 2.05. The van der Waals surface area contributed by atoms with Gasteiger partial charge in [0.15, 0.2) is 0 Å². The highest BCUT2D eigenvalue weighted by Crippen LogP contribution is 2.29. The first-order valence-corrected chi connectivity index (χ1v) is 7.31. The van der Waals surface area contributed by atoms with Gasteiger partial charge in [-0.25, -0.2) is 4.98 Å². The van der Waals surface area contributed by atoms with Crippen LogP contribution in [-0.4, -0.2) is 22.3 Å². The van der Waals surface area contributed by atoms with E-state index in [9.17, 15) is 4.79 Å². The van der Waals surface area contributed by atoms with Gasteiger partial charge in [-0.2, -0.15) is 0 Å². The number of alkyl halides is 1. The van der Waals surface area contributed by atoms with Crippen molar-refractivity contribution in [2.45, 2.75) is 44.6 Å². The summed E-state index contributed by atoms with van der Waals surface area (Å²) in [4.78, 5) is 16.9. The maximum absolute atomic E-state index is 12.1. The van der Waals surface area contributed by atoms with Gasteiger partial charge in [0.05, 0.1) is 16.7 Å². The Kier molecular flexibility index (Phi) is 4.05. The third kappa shape index (κ3) is 2.99. The Morgan fingerprint density at radius 2 is 2.24 bits per heavy atom. The van der Waals surface area contributed by atoms with E-state index in [0.717, 1.165) is 30.7 Å². The molecule has 1 saturated carbocycles. The molecule has 0 aliphatic heterocycles. The third-order valence-corrected chi connectivity index (χ3v) is 4.71. The van der Waals surface area contributed by atoms with Gasteiger partial charge < -0.3 is 5.32 Å². The van der Waals surface area contributed by atoms with E-state index in [1.54, 1.807) is 6.20 Å². The van der Waals surface area contributed by atoms with Crippen LogP contribution < -0.4 is 5.32 Å². The van der Waals surface area contributed by atoms with Crippen molar-refractivity contribution in [1.29, 1.82) is 0 Å². The number of thiazole rings is 1. The number of carbonyl (C=O) groups is 1. The minimum absolute atomic E-state index is 0.0295. The molecule has 0 atom stereocenters. The van der Waals surface area contributed by atoms with Crippen LogP contribution in [0.25, 0.3) is 0 Å². The van der Waals surface area contributed by atoms with Gasteiger partial charge in [0.2, 0.25) is 0 Å². The molecular weight excluding hydrogens is 256 g/mol. The molecule has 1 N–H and O–H groups in total. The van der Waals surface area contributed by atoms with Gasteiger partial charge >= 0.3 is 0 Å². The average molecular weight is 273 g/mol. The second kappa shape index (κ2) is 5.36. The first kappa shape index (κ1) is 12.8. The summed E-state index contributed by atoms with van der Waals surface area (Å²) in [7, 11) is 0. The van der Waals surface area contributed by atoms with E-state index >= 15 is 0 Å². The van der Waals surface area contributed by atoms with Gasteiger partial charge in [-0.15, -0.1) is 22.9 Å². The predicted molar refractivity (Wildman–Crippen MR) is 70.9 cm³/mol. The molecule has 1 amide bonds. The number of rotatable bonds is 3. The SMILES string of the molecule is Cc1ncc(C(=O)NC2(CCl)CCCCC2)s1. The molecule has 1 heterocycles. The Bertz CT molecular complexity index is 399. The maximum Gasteiger partial charge on any atom is 0.263 e. The quantitative estimate of drug-likeness (QED) is 0.859. The van der Waals surface area contributed by atoms with Crippen molar-refractivity contribution in [3.63, 3.8) is 0 Å². The number of aryl methyl sites for hydroxylation is 1. The summed E-state index contributed by atoms with van der Waals surface area (Å²) in [5, 5.41) is 4.03. The lowest BCUT2D eigenvalue weighted by Gasteiger charge is -2.36. The lowest BCUT2D eigenvalue weighted by Crippen LogP contribution is -2.51. The molecule has 1 fully saturated rings. The fourth-order valence-electron chi connectivity index (χ4n) is 2.29. The molecule has 3 nitrogen and oxygen atoms in total. The highest BCUT2D eigenvalue weighted by molar-refractivity contribution is 7.13. The number of hydrogen-bond donors (Lipinski definition) is 1. The van der Waals surface area contributed by atoms with E-state index in [1.165, 1.54) is 17.8 Å². The zero-order valence-electron chi connectivity index (χ0n) is 9.96. The molecule has 94 valence electrons. The van der Waals surface area contributed by atoms with Crippen LogP contribution in [0.3, 0.4) is 0 Å². The lowest BCUT2D eigenvalue weighted by atomic mass is 9.83. The molecule has 1 aromatic heterocycles. The molecule has 0 unspecified atom stereocenters. The van der Waals surface area contributed by atoms with Gasteiger partial charge in [-0.05, 0) is 19.8 Å². The molecule has 1 aliphatic carbocycles. The zero-order chi connectivity index (χ0) is 12.3. The molecule has 1 aromatic rings. The summed E-state index contributed by atoms with van der Waals surface area (Å²) in [6.07, 6.45) is 7.15. The Hall–Kier alpha value is -0.610. The first-order chi connectivity index (χ1) is 8.15. The molecular formula is C12H17ClN2OS. The standard InChI is InChI=1S/C12H17ClN2OS/c1-9-14-7-10(17-9)11(16)15-12(8-13)5-3-2-4-6-12/h7H,2-6,8H2,1H3,(H,15,16). The smallest absolute Gasteiger partial charge is 0.263 e. The number of nitrogens with one attached hydrogen (secondary N) is 1. The molecule has 5 heteroatoms. The zero-order valence-corrected chi connectivity index (χ0v) is 11.5. The third-order valence-electron chi connectivity index (χ3n) is 3.29. The number of hydrogen-bond acceptors (Lipinski definition) is 3. The Morgan fingerprint density at radius 3 is 2.76 bits per heavy atom. The van der Waals surface area contributed by atoms with Crippen LogP contribution in [-0.2, 0) is 0 Å². The van der Waals surface area contributed by atoms with Gasteiger partial charge in [0, 0.05) is 5.88 Å². The van der Waals surface area contributed by atoms with Crippen molar-refractivity contribution in [3.05, 3.63) is 16.1 Å². The molecule has 17 heavy (non-hydrogen) atoms.